The average molecular weight is 462 g/mol. The van der Waals surface area contributed by atoms with Gasteiger partial charge >= 0.3 is 0 Å². The van der Waals surface area contributed by atoms with Crippen LogP contribution in [0.5, 0.6) is 0 Å². The van der Waals surface area contributed by atoms with Crippen molar-refractivity contribution in [1.29, 1.82) is 0 Å². The van der Waals surface area contributed by atoms with E-state index in [1.165, 1.54) is 24.3 Å². The van der Waals surface area contributed by atoms with Gasteiger partial charge in [0, 0.05) is 36.0 Å². The van der Waals surface area contributed by atoms with Gasteiger partial charge in [-0.25, -0.2) is 8.78 Å². The van der Waals surface area contributed by atoms with Crippen LogP contribution in [0, 0.1) is 18.6 Å². The number of aliphatic imine (C=N–C) groups is 1. The number of nitrogens with one attached hydrogen (secondary N) is 1. The maximum Gasteiger partial charge on any atom is 0.252 e. The number of amides is 1. The SMILES string of the molecule is Cc1cccc(C[C@H](CCO)NC(=O)c2cccc(F)c2C2=NCC(c3ccc(F)cc3)=C2)n1. The van der Waals surface area contributed by atoms with E-state index < -0.39 is 11.7 Å². The van der Waals surface area contributed by atoms with Gasteiger partial charge in [-0.1, -0.05) is 24.3 Å². The minimum atomic E-state index is -0.554. The molecule has 2 aromatic carbocycles. The predicted molar refractivity (Wildman–Crippen MR) is 128 cm³/mol. The summed E-state index contributed by atoms with van der Waals surface area (Å²) in [6, 6.07) is 15.6. The number of hydrogen-bond donors (Lipinski definition) is 2. The van der Waals surface area contributed by atoms with Crippen molar-refractivity contribution >= 4 is 17.2 Å². The predicted octanol–water partition coefficient (Wildman–Crippen LogP) is 4.28. The molecule has 2 N–H and O–H groups in total. The lowest BCUT2D eigenvalue weighted by Gasteiger charge is -2.19. The Balaban J connectivity index is 1.58. The van der Waals surface area contributed by atoms with E-state index in [-0.39, 0.29) is 29.6 Å². The van der Waals surface area contributed by atoms with Crippen molar-refractivity contribution in [2.75, 3.05) is 13.2 Å². The monoisotopic (exact) mass is 461 g/mol. The van der Waals surface area contributed by atoms with Crippen LogP contribution in [0.3, 0.4) is 0 Å². The number of aryl methyl sites for hydroxylation is 1. The van der Waals surface area contributed by atoms with Crippen LogP contribution in [0.2, 0.25) is 0 Å². The first-order valence-corrected chi connectivity index (χ1v) is 11.1. The molecular formula is C27H25F2N3O2. The van der Waals surface area contributed by atoms with Gasteiger partial charge < -0.3 is 10.4 Å². The summed E-state index contributed by atoms with van der Waals surface area (Å²) in [7, 11) is 0. The summed E-state index contributed by atoms with van der Waals surface area (Å²) in [5.41, 5.74) is 3.90. The Hall–Kier alpha value is -3.71. The molecule has 2 heterocycles. The van der Waals surface area contributed by atoms with E-state index in [2.05, 4.69) is 15.3 Å². The fraction of sp³-hybridized carbons (Fsp3) is 0.222. The highest BCUT2D eigenvalue weighted by atomic mass is 19.1. The molecule has 0 saturated carbocycles. The lowest BCUT2D eigenvalue weighted by Crippen LogP contribution is -2.38. The number of rotatable bonds is 8. The molecule has 0 spiro atoms. The molecule has 0 saturated heterocycles. The summed E-state index contributed by atoms with van der Waals surface area (Å²) in [5.74, 6) is -1.34. The third-order valence-electron chi connectivity index (χ3n) is 5.67. The van der Waals surface area contributed by atoms with Crippen molar-refractivity contribution in [1.82, 2.24) is 10.3 Å². The molecule has 1 aliphatic rings. The normalized spacial score (nSPS) is 13.9. The summed E-state index contributed by atoms with van der Waals surface area (Å²) < 4.78 is 28.2. The third kappa shape index (κ3) is 5.43. The Labute approximate surface area is 196 Å². The van der Waals surface area contributed by atoms with Crippen LogP contribution in [-0.2, 0) is 6.42 Å². The molecule has 1 aliphatic heterocycles. The van der Waals surface area contributed by atoms with Gasteiger partial charge in [-0.3, -0.25) is 14.8 Å². The Bertz CT molecular complexity index is 1250. The summed E-state index contributed by atoms with van der Waals surface area (Å²) in [6.45, 7) is 2.09. The summed E-state index contributed by atoms with van der Waals surface area (Å²) in [4.78, 5) is 22.1. The van der Waals surface area contributed by atoms with Crippen molar-refractivity contribution in [3.8, 4) is 0 Å². The van der Waals surface area contributed by atoms with Crippen molar-refractivity contribution in [2.45, 2.75) is 25.8 Å². The second-order valence-electron chi connectivity index (χ2n) is 8.20. The lowest BCUT2D eigenvalue weighted by atomic mass is 9.98. The van der Waals surface area contributed by atoms with E-state index >= 15 is 0 Å². The van der Waals surface area contributed by atoms with Crippen LogP contribution in [0.1, 0.15) is 39.3 Å². The van der Waals surface area contributed by atoms with Crippen LogP contribution < -0.4 is 5.32 Å². The number of carbonyl (C=O) groups is 1. The maximum absolute atomic E-state index is 14.9. The molecule has 1 amide bonds. The van der Waals surface area contributed by atoms with E-state index in [4.69, 9.17) is 0 Å². The first kappa shape index (κ1) is 23.4. The van der Waals surface area contributed by atoms with Gasteiger partial charge in [0.1, 0.15) is 11.6 Å². The number of aliphatic hydroxyl groups excluding tert-OH is 1. The number of nitrogens with zero attached hydrogens (tertiary/aromatic N) is 2. The molecule has 0 fully saturated rings. The maximum atomic E-state index is 14.9. The van der Waals surface area contributed by atoms with Crippen LogP contribution in [0.15, 0.2) is 71.7 Å². The van der Waals surface area contributed by atoms with Gasteiger partial charge in [-0.15, -0.1) is 0 Å². The summed E-state index contributed by atoms with van der Waals surface area (Å²) >= 11 is 0. The fourth-order valence-corrected chi connectivity index (χ4v) is 4.00. The number of halogens is 2. The van der Waals surface area contributed by atoms with E-state index in [1.807, 2.05) is 25.1 Å². The van der Waals surface area contributed by atoms with Gasteiger partial charge in [-0.05, 0) is 67.0 Å². The second-order valence-corrected chi connectivity index (χ2v) is 8.20. The number of hydrogen-bond acceptors (Lipinski definition) is 4. The van der Waals surface area contributed by atoms with Crippen LogP contribution in [0.4, 0.5) is 8.78 Å². The standard InChI is InChI=1S/C27H25F2N3O2/c1-17-4-2-5-21(31-17)15-22(12-13-33)32-27(34)23-6-3-7-24(29)26(23)25-14-19(16-30-25)18-8-10-20(28)11-9-18/h2-11,14,22,33H,12-13,15-16H2,1H3,(H,32,34)/t22-/m0/s1. The number of benzene rings is 2. The van der Waals surface area contributed by atoms with Gasteiger partial charge in [0.05, 0.1) is 17.8 Å². The molecule has 1 atom stereocenters. The zero-order valence-corrected chi connectivity index (χ0v) is 18.8. The molecule has 0 unspecified atom stereocenters. The second kappa shape index (κ2) is 10.5. The quantitative estimate of drug-likeness (QED) is 0.526. The lowest BCUT2D eigenvalue weighted by molar-refractivity contribution is 0.0929. The molecule has 174 valence electrons. The molecular weight excluding hydrogens is 436 g/mol. The van der Waals surface area contributed by atoms with Crippen molar-refractivity contribution < 1.29 is 18.7 Å². The highest BCUT2D eigenvalue weighted by molar-refractivity contribution is 6.19. The zero-order valence-electron chi connectivity index (χ0n) is 18.8. The van der Waals surface area contributed by atoms with Gasteiger partial charge in [-0.2, -0.15) is 0 Å². The Morgan fingerprint density at radius 3 is 2.59 bits per heavy atom. The Kier molecular flexibility index (Phi) is 7.23. The van der Waals surface area contributed by atoms with E-state index in [0.717, 1.165) is 22.5 Å². The first-order valence-electron chi connectivity index (χ1n) is 11.1. The molecule has 7 heteroatoms. The largest absolute Gasteiger partial charge is 0.396 e. The highest BCUT2D eigenvalue weighted by Gasteiger charge is 2.23. The minimum Gasteiger partial charge on any atom is -0.396 e. The molecule has 1 aromatic heterocycles. The smallest absolute Gasteiger partial charge is 0.252 e. The molecule has 5 nitrogen and oxygen atoms in total. The van der Waals surface area contributed by atoms with Crippen LogP contribution in [0.25, 0.3) is 5.57 Å². The summed E-state index contributed by atoms with van der Waals surface area (Å²) in [6.07, 6.45) is 2.50. The number of pyridine rings is 1. The van der Waals surface area contributed by atoms with Gasteiger partial charge in [0.25, 0.3) is 5.91 Å². The fourth-order valence-electron chi connectivity index (χ4n) is 4.00. The molecule has 0 radical (unpaired) electrons. The van der Waals surface area contributed by atoms with E-state index in [0.29, 0.717) is 25.1 Å². The number of aliphatic hydroxyl groups is 1. The van der Waals surface area contributed by atoms with Crippen molar-refractivity contribution in [3.63, 3.8) is 0 Å². The Morgan fingerprint density at radius 1 is 1.09 bits per heavy atom. The Morgan fingerprint density at radius 2 is 1.85 bits per heavy atom. The van der Waals surface area contributed by atoms with Crippen molar-refractivity contribution in [3.05, 3.63) is 106 Å². The van der Waals surface area contributed by atoms with Crippen LogP contribution >= 0.6 is 0 Å². The average Bonchev–Trinajstić information content (AvgIpc) is 3.29. The first-order chi connectivity index (χ1) is 16.4. The number of carbonyl (C=O) groups excluding carboxylic acids is 1. The summed E-state index contributed by atoms with van der Waals surface area (Å²) in [5, 5.41) is 12.4. The number of allylic oxidation sites excluding steroid dienone is 1. The van der Waals surface area contributed by atoms with E-state index in [1.54, 1.807) is 24.3 Å². The topological polar surface area (TPSA) is 74.6 Å². The number of aromatic nitrogens is 1. The molecule has 0 bridgehead atoms. The van der Waals surface area contributed by atoms with E-state index in [9.17, 15) is 18.7 Å². The van der Waals surface area contributed by atoms with Gasteiger partial charge in [0.2, 0.25) is 0 Å². The van der Waals surface area contributed by atoms with Crippen LogP contribution in [-0.4, -0.2) is 40.9 Å². The third-order valence-corrected chi connectivity index (χ3v) is 5.67. The molecule has 4 rings (SSSR count). The molecule has 3 aromatic rings. The molecule has 0 aliphatic carbocycles. The molecule has 34 heavy (non-hydrogen) atoms. The minimum absolute atomic E-state index is 0.108. The van der Waals surface area contributed by atoms with Crippen molar-refractivity contribution in [2.24, 2.45) is 4.99 Å². The highest BCUT2D eigenvalue weighted by Crippen LogP contribution is 2.25. The van der Waals surface area contributed by atoms with Gasteiger partial charge in [0.15, 0.2) is 0 Å². The zero-order chi connectivity index (χ0) is 24.1.